The van der Waals surface area contributed by atoms with E-state index in [9.17, 15) is 4.39 Å². The van der Waals surface area contributed by atoms with E-state index in [1.807, 2.05) is 12.3 Å². The number of piperidine rings is 1. The van der Waals surface area contributed by atoms with Crippen molar-refractivity contribution in [2.75, 3.05) is 18.0 Å². The van der Waals surface area contributed by atoms with Gasteiger partial charge in [0.05, 0.1) is 12.7 Å². The van der Waals surface area contributed by atoms with E-state index in [2.05, 4.69) is 9.88 Å². The van der Waals surface area contributed by atoms with Crippen LogP contribution in [-0.4, -0.2) is 29.2 Å². The minimum Gasteiger partial charge on any atom is -0.373 e. The molecule has 2 aliphatic rings. The molecular formula is C19H22FN3O. The number of hydrogen-bond acceptors (Lipinski definition) is 4. The molecule has 2 heterocycles. The van der Waals surface area contributed by atoms with E-state index in [-0.39, 0.29) is 11.9 Å². The Balaban J connectivity index is 1.28. The molecule has 0 unspecified atom stereocenters. The molecule has 24 heavy (non-hydrogen) atoms. The Hall–Kier alpha value is -2.01. The Bertz CT molecular complexity index is 679. The normalized spacial score (nSPS) is 18.8. The molecule has 0 radical (unpaired) electrons. The van der Waals surface area contributed by atoms with Gasteiger partial charge in [-0.3, -0.25) is 0 Å². The minimum atomic E-state index is -0.206. The molecule has 0 N–H and O–H groups in total. The van der Waals surface area contributed by atoms with Crippen LogP contribution in [-0.2, 0) is 11.3 Å². The van der Waals surface area contributed by atoms with Crippen LogP contribution in [0.25, 0.3) is 0 Å². The summed E-state index contributed by atoms with van der Waals surface area (Å²) < 4.78 is 18.9. The Morgan fingerprint density at radius 1 is 1.04 bits per heavy atom. The second-order valence-corrected chi connectivity index (χ2v) is 6.67. The standard InChI is InChI=1S/C19H22FN3O/c20-16-5-1-14(2-6-16)13-24-17-8-11-23(12-9-17)18-7-10-21-19(22-18)15-3-4-15/h1-2,5-7,10,15,17H,3-4,8-9,11-13H2. The Kier molecular flexibility index (Phi) is 4.43. The largest absolute Gasteiger partial charge is 0.373 e. The fourth-order valence-electron chi connectivity index (χ4n) is 3.12. The third-order valence-electron chi connectivity index (χ3n) is 4.77. The number of rotatable bonds is 5. The van der Waals surface area contributed by atoms with Crippen molar-refractivity contribution in [1.29, 1.82) is 0 Å². The van der Waals surface area contributed by atoms with Crippen molar-refractivity contribution in [2.45, 2.75) is 44.3 Å². The maximum atomic E-state index is 12.9. The predicted octanol–water partition coefficient (Wildman–Crippen LogP) is 3.68. The lowest BCUT2D eigenvalue weighted by Crippen LogP contribution is -2.37. The molecule has 1 saturated carbocycles. The molecule has 4 rings (SSSR count). The molecule has 126 valence electrons. The second kappa shape index (κ2) is 6.85. The van der Waals surface area contributed by atoms with Crippen molar-refractivity contribution < 1.29 is 9.13 Å². The number of nitrogens with zero attached hydrogens (tertiary/aromatic N) is 3. The van der Waals surface area contributed by atoms with Crippen LogP contribution in [0.5, 0.6) is 0 Å². The van der Waals surface area contributed by atoms with Gasteiger partial charge in [0.2, 0.25) is 0 Å². The highest BCUT2D eigenvalue weighted by atomic mass is 19.1. The number of halogens is 1. The number of benzene rings is 1. The van der Waals surface area contributed by atoms with Gasteiger partial charge >= 0.3 is 0 Å². The first-order valence-corrected chi connectivity index (χ1v) is 8.72. The first-order valence-electron chi connectivity index (χ1n) is 8.72. The van der Waals surface area contributed by atoms with Gasteiger partial charge in [0, 0.05) is 25.2 Å². The Morgan fingerprint density at radius 2 is 1.79 bits per heavy atom. The van der Waals surface area contributed by atoms with Crippen LogP contribution in [0.15, 0.2) is 36.5 Å². The average molecular weight is 327 g/mol. The summed E-state index contributed by atoms with van der Waals surface area (Å²) in [5, 5.41) is 0. The van der Waals surface area contributed by atoms with Crippen molar-refractivity contribution in [1.82, 2.24) is 9.97 Å². The van der Waals surface area contributed by atoms with Crippen LogP contribution < -0.4 is 4.90 Å². The molecule has 1 aliphatic carbocycles. The zero-order valence-corrected chi connectivity index (χ0v) is 13.7. The van der Waals surface area contributed by atoms with Crippen LogP contribution in [0.3, 0.4) is 0 Å². The fourth-order valence-corrected chi connectivity index (χ4v) is 3.12. The van der Waals surface area contributed by atoms with Gasteiger partial charge in [-0.2, -0.15) is 0 Å². The number of ether oxygens (including phenoxy) is 1. The molecule has 2 fully saturated rings. The summed E-state index contributed by atoms with van der Waals surface area (Å²) in [4.78, 5) is 11.4. The van der Waals surface area contributed by atoms with Gasteiger partial charge in [-0.25, -0.2) is 14.4 Å². The van der Waals surface area contributed by atoms with E-state index in [0.29, 0.717) is 12.5 Å². The molecule has 1 saturated heterocycles. The molecule has 2 aromatic rings. The van der Waals surface area contributed by atoms with Gasteiger partial charge in [0.1, 0.15) is 17.5 Å². The molecule has 0 atom stereocenters. The molecule has 1 aliphatic heterocycles. The first-order chi connectivity index (χ1) is 11.8. The van der Waals surface area contributed by atoms with Crippen molar-refractivity contribution in [3.8, 4) is 0 Å². The fraction of sp³-hybridized carbons (Fsp3) is 0.474. The van der Waals surface area contributed by atoms with E-state index in [0.717, 1.165) is 43.1 Å². The molecule has 4 nitrogen and oxygen atoms in total. The Labute approximate surface area is 141 Å². The van der Waals surface area contributed by atoms with E-state index >= 15 is 0 Å². The summed E-state index contributed by atoms with van der Waals surface area (Å²) >= 11 is 0. The van der Waals surface area contributed by atoms with Gasteiger partial charge in [0.15, 0.2) is 0 Å². The predicted molar refractivity (Wildman–Crippen MR) is 90.4 cm³/mol. The van der Waals surface area contributed by atoms with Gasteiger partial charge in [-0.1, -0.05) is 12.1 Å². The SMILES string of the molecule is Fc1ccc(COC2CCN(c3ccnc(C4CC4)n3)CC2)cc1. The third kappa shape index (κ3) is 3.73. The summed E-state index contributed by atoms with van der Waals surface area (Å²) in [7, 11) is 0. The van der Waals surface area contributed by atoms with E-state index in [4.69, 9.17) is 9.72 Å². The maximum absolute atomic E-state index is 12.9. The smallest absolute Gasteiger partial charge is 0.133 e. The lowest BCUT2D eigenvalue weighted by Gasteiger charge is -2.32. The highest BCUT2D eigenvalue weighted by Crippen LogP contribution is 2.38. The lowest BCUT2D eigenvalue weighted by molar-refractivity contribution is 0.0250. The van der Waals surface area contributed by atoms with Gasteiger partial charge in [-0.15, -0.1) is 0 Å². The lowest BCUT2D eigenvalue weighted by atomic mass is 10.1. The molecule has 5 heteroatoms. The van der Waals surface area contributed by atoms with Gasteiger partial charge in [-0.05, 0) is 49.4 Å². The van der Waals surface area contributed by atoms with E-state index < -0.39 is 0 Å². The van der Waals surface area contributed by atoms with Crippen molar-refractivity contribution in [3.05, 3.63) is 53.7 Å². The van der Waals surface area contributed by atoms with E-state index in [1.165, 1.54) is 25.0 Å². The molecule has 0 bridgehead atoms. The average Bonchev–Trinajstić information content (AvgIpc) is 3.47. The van der Waals surface area contributed by atoms with Crippen LogP contribution in [0.4, 0.5) is 10.2 Å². The van der Waals surface area contributed by atoms with Crippen molar-refractivity contribution in [2.24, 2.45) is 0 Å². The summed E-state index contributed by atoms with van der Waals surface area (Å²) in [6, 6.07) is 8.53. The third-order valence-corrected chi connectivity index (χ3v) is 4.77. The van der Waals surface area contributed by atoms with Gasteiger partial charge < -0.3 is 9.64 Å². The molecular weight excluding hydrogens is 305 g/mol. The maximum Gasteiger partial charge on any atom is 0.133 e. The highest BCUT2D eigenvalue weighted by Gasteiger charge is 2.27. The molecule has 1 aromatic heterocycles. The topological polar surface area (TPSA) is 38.2 Å². The summed E-state index contributed by atoms with van der Waals surface area (Å²) in [5.74, 6) is 2.43. The summed E-state index contributed by atoms with van der Waals surface area (Å²) in [5.41, 5.74) is 1.02. The Morgan fingerprint density at radius 3 is 2.50 bits per heavy atom. The highest BCUT2D eigenvalue weighted by molar-refractivity contribution is 5.38. The quantitative estimate of drug-likeness (QED) is 0.840. The zero-order valence-electron chi connectivity index (χ0n) is 13.7. The summed E-state index contributed by atoms with van der Waals surface area (Å²) in [6.45, 7) is 2.45. The van der Waals surface area contributed by atoms with Crippen LogP contribution in [0, 0.1) is 5.82 Å². The first kappa shape index (κ1) is 15.5. The van der Waals surface area contributed by atoms with E-state index in [1.54, 1.807) is 12.1 Å². The molecule has 0 spiro atoms. The van der Waals surface area contributed by atoms with Crippen LogP contribution >= 0.6 is 0 Å². The number of hydrogen-bond donors (Lipinski definition) is 0. The molecule has 0 amide bonds. The monoisotopic (exact) mass is 327 g/mol. The zero-order chi connectivity index (χ0) is 16.4. The van der Waals surface area contributed by atoms with Crippen LogP contribution in [0.1, 0.15) is 43.0 Å². The van der Waals surface area contributed by atoms with Crippen molar-refractivity contribution >= 4 is 5.82 Å². The number of anilines is 1. The minimum absolute atomic E-state index is 0.206. The molecule has 1 aromatic carbocycles. The van der Waals surface area contributed by atoms with Gasteiger partial charge in [0.25, 0.3) is 0 Å². The van der Waals surface area contributed by atoms with Crippen LogP contribution in [0.2, 0.25) is 0 Å². The summed E-state index contributed by atoms with van der Waals surface area (Å²) in [6.07, 6.45) is 6.57. The number of aromatic nitrogens is 2. The van der Waals surface area contributed by atoms with Crippen molar-refractivity contribution in [3.63, 3.8) is 0 Å². The second-order valence-electron chi connectivity index (χ2n) is 6.67.